The number of esters is 1. The van der Waals surface area contributed by atoms with Crippen molar-refractivity contribution >= 4 is 46.2 Å². The lowest BCUT2D eigenvalue weighted by atomic mass is 10.3. The third-order valence-corrected chi connectivity index (χ3v) is 4.77. The maximum Gasteiger partial charge on any atom is 0.324 e. The van der Waals surface area contributed by atoms with Gasteiger partial charge in [0.1, 0.15) is 18.2 Å². The Morgan fingerprint density at radius 3 is 2.16 bits per heavy atom. The molecule has 2 unspecified atom stereocenters. The number of aliphatic hydroxyl groups is 1. The minimum Gasteiger partial charge on any atom is -0.480 e. The number of carbonyl (C=O) groups is 2. The van der Waals surface area contributed by atoms with E-state index >= 15 is 0 Å². The minimum atomic E-state index is -1.07. The first-order valence-corrected chi connectivity index (χ1v) is 8.45. The molecule has 0 spiro atoms. The zero-order valence-electron chi connectivity index (χ0n) is 10.1. The molecule has 0 aromatic rings. The molecule has 0 fully saturated rings. The summed E-state index contributed by atoms with van der Waals surface area (Å²) in [6.07, 6.45) is -0.667. The molecule has 0 heterocycles. The second kappa shape index (κ2) is 10.6. The summed E-state index contributed by atoms with van der Waals surface area (Å²) in [6, 6.07) is -1.78. The monoisotopic (exact) mass is 330 g/mol. The fourth-order valence-electron chi connectivity index (χ4n) is 0.766. The van der Waals surface area contributed by atoms with Gasteiger partial charge in [-0.25, -0.2) is 0 Å². The van der Waals surface area contributed by atoms with Crippen LogP contribution in [0.5, 0.6) is 0 Å². The molecule has 7 nitrogen and oxygen atoms in total. The average molecular weight is 330 g/mol. The van der Waals surface area contributed by atoms with Crippen molar-refractivity contribution in [3.05, 3.63) is 0 Å². The summed E-state index contributed by atoms with van der Waals surface area (Å²) in [5.74, 6) is -0.997. The van der Waals surface area contributed by atoms with Gasteiger partial charge in [0, 0.05) is 17.3 Å². The highest BCUT2D eigenvalue weighted by Crippen LogP contribution is 2.22. The van der Waals surface area contributed by atoms with Gasteiger partial charge in [-0.2, -0.15) is 12.6 Å². The molecule has 0 amide bonds. The number of carbonyl (C=O) groups excluding carboxylic acids is 1. The minimum absolute atomic E-state index is 0.213. The fourth-order valence-corrected chi connectivity index (χ4v) is 3.18. The molecule has 0 bridgehead atoms. The zero-order chi connectivity index (χ0) is 14.8. The Morgan fingerprint density at radius 1 is 1.21 bits per heavy atom. The quantitative estimate of drug-likeness (QED) is 0.147. The lowest BCUT2D eigenvalue weighted by Crippen LogP contribution is -2.38. The highest BCUT2D eigenvalue weighted by molar-refractivity contribution is 8.76. The summed E-state index contributed by atoms with van der Waals surface area (Å²) < 4.78 is 4.90. The molecule has 3 atom stereocenters. The van der Waals surface area contributed by atoms with Gasteiger partial charge in [0.05, 0.1) is 6.61 Å². The maximum atomic E-state index is 11.5. The van der Waals surface area contributed by atoms with Crippen LogP contribution in [-0.4, -0.2) is 64.2 Å². The van der Waals surface area contributed by atoms with Gasteiger partial charge in [-0.1, -0.05) is 21.6 Å². The standard InChI is InChI=1S/C9H18N2O5S3/c10-6(8(13)14)3-18-19-4-7(11)9(15)16-5(1-12)2-17/h5-7,12,17H,1-4,10-11H2,(H,13,14)/t5?,6?,7-/m0/s1. The molecular formula is C9H18N2O5S3. The number of ether oxygens (including phenoxy) is 1. The first-order valence-electron chi connectivity index (χ1n) is 5.33. The fraction of sp³-hybridized carbons (Fsp3) is 0.778. The Bertz CT molecular complexity index is 291. The van der Waals surface area contributed by atoms with Crippen molar-refractivity contribution in [2.24, 2.45) is 11.5 Å². The van der Waals surface area contributed by atoms with Gasteiger partial charge >= 0.3 is 11.9 Å². The van der Waals surface area contributed by atoms with Crippen LogP contribution < -0.4 is 11.5 Å². The number of aliphatic hydroxyl groups excluding tert-OH is 1. The Labute approximate surface area is 124 Å². The molecule has 0 aliphatic carbocycles. The zero-order valence-corrected chi connectivity index (χ0v) is 12.6. The SMILES string of the molecule is NC(CSSC[C@H](N)C(=O)OC(CO)CS)C(=O)O. The third kappa shape index (κ3) is 8.60. The van der Waals surface area contributed by atoms with E-state index in [1.807, 2.05) is 0 Å². The van der Waals surface area contributed by atoms with E-state index in [9.17, 15) is 9.59 Å². The van der Waals surface area contributed by atoms with Crippen LogP contribution in [0.2, 0.25) is 0 Å². The van der Waals surface area contributed by atoms with Gasteiger partial charge < -0.3 is 26.4 Å². The van der Waals surface area contributed by atoms with E-state index in [1.165, 1.54) is 21.6 Å². The van der Waals surface area contributed by atoms with Crippen LogP contribution in [0.1, 0.15) is 0 Å². The van der Waals surface area contributed by atoms with Gasteiger partial charge in [-0.3, -0.25) is 9.59 Å². The van der Waals surface area contributed by atoms with E-state index in [0.29, 0.717) is 0 Å². The number of hydrogen-bond donors (Lipinski definition) is 5. The average Bonchev–Trinajstić information content (AvgIpc) is 2.39. The number of hydrogen-bond acceptors (Lipinski definition) is 9. The highest BCUT2D eigenvalue weighted by Gasteiger charge is 2.20. The Hall–Kier alpha value is -0.130. The molecule has 10 heteroatoms. The van der Waals surface area contributed by atoms with Crippen LogP contribution in [0.4, 0.5) is 0 Å². The number of carboxylic acid groups (broad SMARTS) is 1. The molecular weight excluding hydrogens is 312 g/mol. The molecule has 0 saturated carbocycles. The molecule has 0 aliphatic heterocycles. The van der Waals surface area contributed by atoms with Crippen LogP contribution in [0.25, 0.3) is 0 Å². The maximum absolute atomic E-state index is 11.5. The first-order chi connectivity index (χ1) is 8.92. The number of carboxylic acids is 1. The molecule has 0 aromatic carbocycles. The lowest BCUT2D eigenvalue weighted by molar-refractivity contribution is -0.150. The summed E-state index contributed by atoms with van der Waals surface area (Å²) in [5.41, 5.74) is 10.9. The van der Waals surface area contributed by atoms with E-state index in [1.54, 1.807) is 0 Å². The van der Waals surface area contributed by atoms with Crippen LogP contribution >= 0.6 is 34.2 Å². The molecule has 6 N–H and O–H groups in total. The molecule has 19 heavy (non-hydrogen) atoms. The van der Waals surface area contributed by atoms with Crippen molar-refractivity contribution in [1.82, 2.24) is 0 Å². The van der Waals surface area contributed by atoms with Crippen molar-refractivity contribution < 1.29 is 24.5 Å². The van der Waals surface area contributed by atoms with Crippen molar-refractivity contribution in [2.75, 3.05) is 23.9 Å². The van der Waals surface area contributed by atoms with Crippen molar-refractivity contribution in [1.29, 1.82) is 0 Å². The number of aliphatic carboxylic acids is 1. The molecule has 0 saturated heterocycles. The van der Waals surface area contributed by atoms with E-state index in [0.717, 1.165) is 0 Å². The smallest absolute Gasteiger partial charge is 0.324 e. The van der Waals surface area contributed by atoms with Gasteiger partial charge in [0.15, 0.2) is 0 Å². The summed E-state index contributed by atoms with van der Waals surface area (Å²) in [7, 11) is 2.47. The number of thiol groups is 1. The molecule has 0 aliphatic rings. The second-order valence-corrected chi connectivity index (χ2v) is 6.46. The summed E-state index contributed by atoms with van der Waals surface area (Å²) in [4.78, 5) is 21.9. The summed E-state index contributed by atoms with van der Waals surface area (Å²) in [5, 5.41) is 17.4. The predicted octanol–water partition coefficient (Wildman–Crippen LogP) is -1.06. The summed E-state index contributed by atoms with van der Waals surface area (Å²) >= 11 is 3.91. The lowest BCUT2D eigenvalue weighted by Gasteiger charge is -2.16. The van der Waals surface area contributed by atoms with Crippen LogP contribution in [-0.2, 0) is 14.3 Å². The topological polar surface area (TPSA) is 136 Å². The Balaban J connectivity index is 3.82. The molecule has 0 aromatic heterocycles. The Kier molecular flexibility index (Phi) is 10.6. The third-order valence-electron chi connectivity index (χ3n) is 1.89. The van der Waals surface area contributed by atoms with E-state index < -0.39 is 30.1 Å². The second-order valence-electron chi connectivity index (χ2n) is 3.54. The normalized spacial score (nSPS) is 15.6. The Morgan fingerprint density at radius 2 is 1.74 bits per heavy atom. The van der Waals surface area contributed by atoms with Gasteiger partial charge in [-0.05, 0) is 0 Å². The van der Waals surface area contributed by atoms with Crippen molar-refractivity contribution in [3.8, 4) is 0 Å². The number of nitrogens with two attached hydrogens (primary N) is 2. The van der Waals surface area contributed by atoms with Crippen molar-refractivity contribution in [2.45, 2.75) is 18.2 Å². The predicted molar refractivity (Wildman–Crippen MR) is 79.3 cm³/mol. The van der Waals surface area contributed by atoms with Crippen LogP contribution in [0, 0.1) is 0 Å². The molecule has 0 radical (unpaired) electrons. The van der Waals surface area contributed by atoms with Gasteiger partial charge in [0.25, 0.3) is 0 Å². The molecule has 112 valence electrons. The van der Waals surface area contributed by atoms with Crippen molar-refractivity contribution in [3.63, 3.8) is 0 Å². The van der Waals surface area contributed by atoms with Gasteiger partial charge in [-0.15, -0.1) is 0 Å². The van der Waals surface area contributed by atoms with Crippen LogP contribution in [0.3, 0.4) is 0 Å². The first kappa shape index (κ1) is 18.9. The van der Waals surface area contributed by atoms with Gasteiger partial charge in [0.2, 0.25) is 0 Å². The van der Waals surface area contributed by atoms with E-state index in [2.05, 4.69) is 12.6 Å². The van der Waals surface area contributed by atoms with E-state index in [-0.39, 0.29) is 23.9 Å². The summed E-state index contributed by atoms with van der Waals surface area (Å²) in [6.45, 7) is -0.308. The van der Waals surface area contributed by atoms with Crippen LogP contribution in [0.15, 0.2) is 0 Å². The highest BCUT2D eigenvalue weighted by atomic mass is 33.1. The molecule has 0 rings (SSSR count). The largest absolute Gasteiger partial charge is 0.480 e. The van der Waals surface area contributed by atoms with E-state index in [4.69, 9.17) is 26.4 Å². The number of rotatable bonds is 10.